The van der Waals surface area contributed by atoms with Gasteiger partial charge in [-0.3, -0.25) is 4.98 Å². The van der Waals surface area contributed by atoms with Crippen LogP contribution in [0.15, 0.2) is 30.5 Å². The summed E-state index contributed by atoms with van der Waals surface area (Å²) in [4.78, 5) is 4.28. The molecule has 0 amide bonds. The first-order valence-corrected chi connectivity index (χ1v) is 5.97. The molecular formula is C15H19NO. The van der Waals surface area contributed by atoms with Gasteiger partial charge in [0, 0.05) is 11.6 Å². The topological polar surface area (TPSA) is 33.1 Å². The number of aliphatic hydroxyl groups excluding tert-OH is 1. The molecule has 1 atom stereocenters. The van der Waals surface area contributed by atoms with Crippen molar-refractivity contribution < 1.29 is 5.11 Å². The quantitative estimate of drug-likeness (QED) is 0.810. The normalized spacial score (nSPS) is 13.9. The second-order valence-corrected chi connectivity index (χ2v) is 5.56. The van der Waals surface area contributed by atoms with Crippen molar-refractivity contribution in [3.63, 3.8) is 0 Å². The molecule has 1 aromatic heterocycles. The van der Waals surface area contributed by atoms with Gasteiger partial charge >= 0.3 is 0 Å². The zero-order valence-electron chi connectivity index (χ0n) is 10.9. The summed E-state index contributed by atoms with van der Waals surface area (Å²) < 4.78 is 0. The van der Waals surface area contributed by atoms with Crippen molar-refractivity contribution >= 4 is 10.8 Å². The molecule has 2 rings (SSSR count). The first kappa shape index (κ1) is 12.1. The van der Waals surface area contributed by atoms with Crippen LogP contribution < -0.4 is 0 Å². The number of benzene rings is 1. The molecule has 0 spiro atoms. The summed E-state index contributed by atoms with van der Waals surface area (Å²) in [6, 6.07) is 8.37. The molecule has 17 heavy (non-hydrogen) atoms. The van der Waals surface area contributed by atoms with E-state index in [-0.39, 0.29) is 5.41 Å². The number of pyridine rings is 1. The molecule has 0 saturated heterocycles. The highest BCUT2D eigenvalue weighted by Crippen LogP contribution is 2.28. The Hall–Kier alpha value is -1.41. The molecule has 0 radical (unpaired) electrons. The lowest BCUT2D eigenvalue weighted by molar-refractivity contribution is 0.196. The number of aliphatic hydroxyl groups is 1. The Labute approximate surface area is 102 Å². The number of fused-ring (bicyclic) bond motifs is 1. The molecule has 0 aliphatic rings. The van der Waals surface area contributed by atoms with Crippen LogP contribution in [-0.2, 0) is 5.41 Å². The highest BCUT2D eigenvalue weighted by molar-refractivity contribution is 5.85. The maximum absolute atomic E-state index is 9.75. The molecule has 2 nitrogen and oxygen atoms in total. The number of hydrogen-bond acceptors (Lipinski definition) is 2. The van der Waals surface area contributed by atoms with E-state index in [0.29, 0.717) is 0 Å². The van der Waals surface area contributed by atoms with Crippen LogP contribution in [0.1, 0.15) is 45.1 Å². The second kappa shape index (κ2) is 4.11. The van der Waals surface area contributed by atoms with Crippen molar-refractivity contribution in [1.29, 1.82) is 0 Å². The van der Waals surface area contributed by atoms with Gasteiger partial charge in [0.1, 0.15) is 0 Å². The molecule has 1 aromatic carbocycles. The summed E-state index contributed by atoms with van der Waals surface area (Å²) in [5.41, 5.74) is 2.13. The van der Waals surface area contributed by atoms with Crippen molar-refractivity contribution in [1.82, 2.24) is 4.98 Å². The van der Waals surface area contributed by atoms with Gasteiger partial charge in [-0.25, -0.2) is 0 Å². The van der Waals surface area contributed by atoms with E-state index >= 15 is 0 Å². The van der Waals surface area contributed by atoms with E-state index < -0.39 is 6.10 Å². The summed E-state index contributed by atoms with van der Waals surface area (Å²) in [5, 5.41) is 11.9. The predicted molar refractivity (Wildman–Crippen MR) is 71.1 cm³/mol. The molecule has 0 saturated carbocycles. The number of nitrogens with zero attached hydrogens (tertiary/aromatic N) is 1. The number of rotatable bonds is 1. The van der Waals surface area contributed by atoms with Crippen LogP contribution in [0.25, 0.3) is 10.8 Å². The van der Waals surface area contributed by atoms with Crippen LogP contribution in [0, 0.1) is 0 Å². The Balaban J connectivity index is 2.70. The fraction of sp³-hybridized carbons (Fsp3) is 0.400. The summed E-state index contributed by atoms with van der Waals surface area (Å²) in [6.45, 7) is 8.32. The Morgan fingerprint density at radius 2 is 1.88 bits per heavy atom. The number of aromatic nitrogens is 1. The van der Waals surface area contributed by atoms with Gasteiger partial charge < -0.3 is 5.11 Å². The molecular weight excluding hydrogens is 210 g/mol. The van der Waals surface area contributed by atoms with Crippen LogP contribution in [-0.4, -0.2) is 10.1 Å². The van der Waals surface area contributed by atoms with E-state index in [4.69, 9.17) is 0 Å². The van der Waals surface area contributed by atoms with Crippen LogP contribution in [0.2, 0.25) is 0 Å². The SMILES string of the molecule is CC(O)c1nccc2ccc(C(C)(C)C)cc12. The summed E-state index contributed by atoms with van der Waals surface area (Å²) in [5.74, 6) is 0. The zero-order chi connectivity index (χ0) is 12.6. The molecule has 1 N–H and O–H groups in total. The van der Waals surface area contributed by atoms with Gasteiger partial charge in [-0.2, -0.15) is 0 Å². The number of hydrogen-bond donors (Lipinski definition) is 1. The highest BCUT2D eigenvalue weighted by atomic mass is 16.3. The van der Waals surface area contributed by atoms with Crippen LogP contribution in [0.5, 0.6) is 0 Å². The highest BCUT2D eigenvalue weighted by Gasteiger charge is 2.15. The van der Waals surface area contributed by atoms with Crippen molar-refractivity contribution in [2.45, 2.75) is 39.2 Å². The van der Waals surface area contributed by atoms with E-state index in [1.165, 1.54) is 5.56 Å². The third kappa shape index (κ3) is 2.32. The minimum absolute atomic E-state index is 0.111. The Morgan fingerprint density at radius 1 is 1.18 bits per heavy atom. The van der Waals surface area contributed by atoms with Crippen molar-refractivity contribution in [2.24, 2.45) is 0 Å². The fourth-order valence-corrected chi connectivity index (χ4v) is 1.99. The predicted octanol–water partition coefficient (Wildman–Crippen LogP) is 3.59. The van der Waals surface area contributed by atoms with Gasteiger partial charge in [-0.05, 0) is 35.4 Å². The van der Waals surface area contributed by atoms with Crippen molar-refractivity contribution in [3.05, 3.63) is 41.7 Å². The van der Waals surface area contributed by atoms with E-state index in [0.717, 1.165) is 16.5 Å². The molecule has 2 heteroatoms. The molecule has 0 aliphatic heterocycles. The van der Waals surface area contributed by atoms with Crippen LogP contribution >= 0.6 is 0 Å². The average Bonchev–Trinajstić information content (AvgIpc) is 2.26. The van der Waals surface area contributed by atoms with E-state index in [2.05, 4.69) is 44.0 Å². The van der Waals surface area contributed by atoms with E-state index in [1.54, 1.807) is 13.1 Å². The monoisotopic (exact) mass is 229 g/mol. The third-order valence-corrected chi connectivity index (χ3v) is 3.06. The molecule has 1 unspecified atom stereocenters. The third-order valence-electron chi connectivity index (χ3n) is 3.06. The minimum atomic E-state index is -0.533. The van der Waals surface area contributed by atoms with Crippen molar-refractivity contribution in [3.8, 4) is 0 Å². The maximum atomic E-state index is 9.75. The van der Waals surface area contributed by atoms with Crippen LogP contribution in [0.4, 0.5) is 0 Å². The molecule has 1 heterocycles. The summed E-state index contributed by atoms with van der Waals surface area (Å²) >= 11 is 0. The lowest BCUT2D eigenvalue weighted by atomic mass is 9.85. The van der Waals surface area contributed by atoms with Gasteiger partial charge in [0.2, 0.25) is 0 Å². The first-order chi connectivity index (χ1) is 7.89. The molecule has 2 aromatic rings. The molecule has 0 aliphatic carbocycles. The van der Waals surface area contributed by atoms with Crippen molar-refractivity contribution in [2.75, 3.05) is 0 Å². The van der Waals surface area contributed by atoms with Gasteiger partial charge in [-0.15, -0.1) is 0 Å². The van der Waals surface area contributed by atoms with Gasteiger partial charge in [0.05, 0.1) is 11.8 Å². The second-order valence-electron chi connectivity index (χ2n) is 5.56. The lowest BCUT2D eigenvalue weighted by Gasteiger charge is -2.20. The van der Waals surface area contributed by atoms with Gasteiger partial charge in [-0.1, -0.05) is 32.9 Å². The maximum Gasteiger partial charge on any atom is 0.0938 e. The van der Waals surface area contributed by atoms with Crippen LogP contribution in [0.3, 0.4) is 0 Å². The van der Waals surface area contributed by atoms with E-state index in [9.17, 15) is 5.11 Å². The zero-order valence-corrected chi connectivity index (χ0v) is 10.9. The Morgan fingerprint density at radius 3 is 2.47 bits per heavy atom. The van der Waals surface area contributed by atoms with E-state index in [1.807, 2.05) is 6.07 Å². The summed E-state index contributed by atoms with van der Waals surface area (Å²) in [7, 11) is 0. The summed E-state index contributed by atoms with van der Waals surface area (Å²) in [6.07, 6.45) is 1.22. The Kier molecular flexibility index (Phi) is 2.92. The van der Waals surface area contributed by atoms with Gasteiger partial charge in [0.15, 0.2) is 0 Å². The lowest BCUT2D eigenvalue weighted by Crippen LogP contribution is -2.11. The fourth-order valence-electron chi connectivity index (χ4n) is 1.99. The largest absolute Gasteiger partial charge is 0.387 e. The molecule has 0 bridgehead atoms. The average molecular weight is 229 g/mol. The Bertz CT molecular complexity index is 538. The molecule has 0 fully saturated rings. The standard InChI is InChI=1S/C15H19NO/c1-10(17)14-13-9-12(15(2,3)4)6-5-11(13)7-8-16-14/h5-10,17H,1-4H3. The first-order valence-electron chi connectivity index (χ1n) is 5.97. The molecule has 90 valence electrons. The van der Waals surface area contributed by atoms with Gasteiger partial charge in [0.25, 0.3) is 0 Å². The smallest absolute Gasteiger partial charge is 0.0938 e. The minimum Gasteiger partial charge on any atom is -0.387 e.